The lowest BCUT2D eigenvalue weighted by Crippen LogP contribution is -2.48. The highest BCUT2D eigenvalue weighted by molar-refractivity contribution is 6.37. The Labute approximate surface area is 120 Å². The number of amides is 2. The van der Waals surface area contributed by atoms with Crippen LogP contribution in [0.3, 0.4) is 0 Å². The van der Waals surface area contributed by atoms with Gasteiger partial charge in [-0.15, -0.1) is 0 Å². The molecular weight excluding hydrogens is 286 g/mol. The minimum Gasteiger partial charge on any atom is -0.444 e. The van der Waals surface area contributed by atoms with Crippen LogP contribution < -0.4 is 5.73 Å². The van der Waals surface area contributed by atoms with Crippen molar-refractivity contribution in [3.05, 3.63) is 0 Å². The zero-order chi connectivity index (χ0) is 15.9. The zero-order valence-electron chi connectivity index (χ0n) is 12.0. The molecule has 0 aromatic carbocycles. The van der Waals surface area contributed by atoms with Crippen molar-refractivity contribution in [3.8, 4) is 0 Å². The molecule has 0 saturated carbocycles. The molecule has 2 unspecified atom stereocenters. The van der Waals surface area contributed by atoms with Gasteiger partial charge >= 0.3 is 12.6 Å². The molecule has 2 heterocycles. The summed E-state index contributed by atoms with van der Waals surface area (Å²) in [5, 5.41) is 0. The summed E-state index contributed by atoms with van der Waals surface area (Å²) in [7, 11) is 0. The first-order valence-corrected chi connectivity index (χ1v) is 6.52. The van der Waals surface area contributed by atoms with Gasteiger partial charge in [0.1, 0.15) is 5.60 Å². The predicted octanol–water partition coefficient (Wildman–Crippen LogP) is 0.396. The topological polar surface area (TPSA) is 88.2 Å². The van der Waals surface area contributed by atoms with Gasteiger partial charge in [0, 0.05) is 13.1 Å². The van der Waals surface area contributed by atoms with E-state index in [2.05, 4.69) is 4.99 Å². The smallest absolute Gasteiger partial charge is 0.410 e. The molecule has 0 aliphatic carbocycles. The highest BCUT2D eigenvalue weighted by Crippen LogP contribution is 2.29. The molecule has 2 aliphatic heterocycles. The van der Waals surface area contributed by atoms with Crippen molar-refractivity contribution in [2.45, 2.75) is 45.0 Å². The number of carbonyl (C=O) groups excluding carboxylic acids is 2. The number of halogens is 2. The normalized spacial score (nSPS) is 25.1. The summed E-state index contributed by atoms with van der Waals surface area (Å²) in [4.78, 5) is 28.9. The van der Waals surface area contributed by atoms with Gasteiger partial charge in [-0.25, -0.2) is 4.79 Å². The number of amidine groups is 1. The Kier molecular flexibility index (Phi) is 3.77. The van der Waals surface area contributed by atoms with Gasteiger partial charge in [0.2, 0.25) is 0 Å². The van der Waals surface area contributed by atoms with Crippen LogP contribution in [-0.4, -0.2) is 65.0 Å². The van der Waals surface area contributed by atoms with Gasteiger partial charge in [0.05, 0.1) is 12.1 Å². The van der Waals surface area contributed by atoms with Crippen LogP contribution >= 0.6 is 0 Å². The summed E-state index contributed by atoms with van der Waals surface area (Å²) >= 11 is 0. The van der Waals surface area contributed by atoms with Crippen LogP contribution in [0.2, 0.25) is 0 Å². The fraction of sp³-hybridized carbons (Fsp3) is 0.750. The van der Waals surface area contributed by atoms with E-state index in [1.165, 1.54) is 4.90 Å². The number of rotatable bonds is 2. The van der Waals surface area contributed by atoms with Crippen LogP contribution in [0.5, 0.6) is 0 Å². The van der Waals surface area contributed by atoms with Gasteiger partial charge in [-0.05, 0) is 20.8 Å². The molecule has 0 radical (unpaired) electrons. The molecule has 0 aromatic rings. The number of fused-ring (bicyclic) bond motifs is 1. The number of hydrogen-bond donors (Lipinski definition) is 1. The highest BCUT2D eigenvalue weighted by atomic mass is 19.3. The standard InChI is InChI=1S/C12H18F2N4O3/c1-12(2,3)21-11(20)17-4-6-7(5-17)18(10(13)14)9(16-6)8(15)19/h6-7,10H,4-5H2,1-3H3,(H2,15,19). The Balaban J connectivity index is 2.12. The summed E-state index contributed by atoms with van der Waals surface area (Å²) in [6.07, 6.45) is -0.582. The Morgan fingerprint density at radius 2 is 2.00 bits per heavy atom. The summed E-state index contributed by atoms with van der Waals surface area (Å²) in [6.45, 7) is 2.40. The van der Waals surface area contributed by atoms with E-state index in [-0.39, 0.29) is 13.1 Å². The number of carbonyl (C=O) groups is 2. The van der Waals surface area contributed by atoms with E-state index in [1.807, 2.05) is 0 Å². The summed E-state index contributed by atoms with van der Waals surface area (Å²) in [5.41, 5.74) is 4.39. The van der Waals surface area contributed by atoms with E-state index in [9.17, 15) is 18.4 Å². The van der Waals surface area contributed by atoms with Crippen LogP contribution in [0, 0.1) is 0 Å². The first-order chi connectivity index (χ1) is 9.60. The SMILES string of the molecule is CC(C)(C)OC(=O)N1CC2N=C(C(N)=O)N(C(F)F)C2C1. The Hall–Kier alpha value is -1.93. The van der Waals surface area contributed by atoms with E-state index in [0.717, 1.165) is 0 Å². The first kappa shape index (κ1) is 15.5. The molecule has 2 rings (SSSR count). The van der Waals surface area contributed by atoms with Crippen molar-refractivity contribution in [2.24, 2.45) is 10.7 Å². The minimum absolute atomic E-state index is 0.0181. The largest absolute Gasteiger partial charge is 0.444 e. The molecule has 9 heteroatoms. The number of ether oxygens (including phenoxy) is 1. The Bertz CT molecular complexity index is 489. The lowest BCUT2D eigenvalue weighted by atomic mass is 10.2. The monoisotopic (exact) mass is 304 g/mol. The molecule has 21 heavy (non-hydrogen) atoms. The van der Waals surface area contributed by atoms with E-state index in [1.54, 1.807) is 20.8 Å². The van der Waals surface area contributed by atoms with Crippen molar-refractivity contribution in [1.29, 1.82) is 0 Å². The Morgan fingerprint density at radius 3 is 2.48 bits per heavy atom. The number of aliphatic imine (C=N–C) groups is 1. The van der Waals surface area contributed by atoms with Crippen LogP contribution in [0.25, 0.3) is 0 Å². The molecule has 1 saturated heterocycles. The quantitative estimate of drug-likeness (QED) is 0.748. The highest BCUT2D eigenvalue weighted by Gasteiger charge is 2.49. The van der Waals surface area contributed by atoms with Gasteiger partial charge in [-0.2, -0.15) is 8.78 Å². The van der Waals surface area contributed by atoms with Gasteiger partial charge in [0.25, 0.3) is 5.91 Å². The number of alkyl halides is 2. The number of likely N-dealkylation sites (tertiary alicyclic amines) is 1. The molecule has 7 nitrogen and oxygen atoms in total. The van der Waals surface area contributed by atoms with E-state index < -0.39 is 42.1 Å². The third-order valence-electron chi connectivity index (χ3n) is 3.23. The average molecular weight is 304 g/mol. The van der Waals surface area contributed by atoms with Crippen LogP contribution in [0.15, 0.2) is 4.99 Å². The maximum absolute atomic E-state index is 13.1. The molecule has 0 aromatic heterocycles. The van der Waals surface area contributed by atoms with Crippen molar-refractivity contribution in [2.75, 3.05) is 13.1 Å². The third-order valence-corrected chi connectivity index (χ3v) is 3.23. The van der Waals surface area contributed by atoms with Crippen LogP contribution in [0.1, 0.15) is 20.8 Å². The van der Waals surface area contributed by atoms with Gasteiger partial charge in [0.15, 0.2) is 5.84 Å². The molecular formula is C12H18F2N4O3. The van der Waals surface area contributed by atoms with E-state index in [4.69, 9.17) is 10.5 Å². The average Bonchev–Trinajstić information content (AvgIpc) is 2.81. The molecule has 118 valence electrons. The number of nitrogens with two attached hydrogens (primary N) is 1. The molecule has 0 spiro atoms. The zero-order valence-corrected chi connectivity index (χ0v) is 12.0. The minimum atomic E-state index is -2.90. The first-order valence-electron chi connectivity index (χ1n) is 6.52. The van der Waals surface area contributed by atoms with E-state index >= 15 is 0 Å². The second-order valence-corrected chi connectivity index (χ2v) is 6.02. The maximum Gasteiger partial charge on any atom is 0.410 e. The van der Waals surface area contributed by atoms with Crippen molar-refractivity contribution in [1.82, 2.24) is 9.80 Å². The maximum atomic E-state index is 13.1. The second-order valence-electron chi connectivity index (χ2n) is 6.02. The lowest BCUT2D eigenvalue weighted by Gasteiger charge is -2.27. The summed E-state index contributed by atoms with van der Waals surface area (Å²) < 4.78 is 31.4. The molecule has 2 aliphatic rings. The molecule has 2 amide bonds. The number of hydrogen-bond acceptors (Lipinski definition) is 5. The number of nitrogens with zero attached hydrogens (tertiary/aromatic N) is 3. The summed E-state index contributed by atoms with van der Waals surface area (Å²) in [5.74, 6) is -1.42. The number of primary amides is 1. The fourth-order valence-electron chi connectivity index (χ4n) is 2.45. The predicted molar refractivity (Wildman–Crippen MR) is 69.9 cm³/mol. The molecule has 1 fully saturated rings. The van der Waals surface area contributed by atoms with Crippen molar-refractivity contribution in [3.63, 3.8) is 0 Å². The lowest BCUT2D eigenvalue weighted by molar-refractivity contribution is -0.113. The van der Waals surface area contributed by atoms with Gasteiger partial charge < -0.3 is 15.4 Å². The fourth-order valence-corrected chi connectivity index (χ4v) is 2.45. The van der Waals surface area contributed by atoms with Gasteiger partial charge in [-0.3, -0.25) is 14.7 Å². The summed E-state index contributed by atoms with van der Waals surface area (Å²) in [6, 6.07) is -1.34. The molecule has 2 N–H and O–H groups in total. The molecule has 0 bridgehead atoms. The van der Waals surface area contributed by atoms with Crippen LogP contribution in [-0.2, 0) is 9.53 Å². The van der Waals surface area contributed by atoms with Crippen molar-refractivity contribution < 1.29 is 23.1 Å². The van der Waals surface area contributed by atoms with Crippen molar-refractivity contribution >= 4 is 17.8 Å². The Morgan fingerprint density at radius 1 is 1.38 bits per heavy atom. The second kappa shape index (κ2) is 5.12. The van der Waals surface area contributed by atoms with E-state index in [0.29, 0.717) is 4.90 Å². The molecule has 2 atom stereocenters. The van der Waals surface area contributed by atoms with Gasteiger partial charge in [-0.1, -0.05) is 0 Å². The van der Waals surface area contributed by atoms with Crippen LogP contribution in [0.4, 0.5) is 13.6 Å². The third kappa shape index (κ3) is 3.06.